The third kappa shape index (κ3) is 1.93. The van der Waals surface area contributed by atoms with E-state index in [0.717, 1.165) is 16.2 Å². The van der Waals surface area contributed by atoms with Gasteiger partial charge in [-0.2, -0.15) is 0 Å². The summed E-state index contributed by atoms with van der Waals surface area (Å²) in [6, 6.07) is 5.78. The zero-order chi connectivity index (χ0) is 8.97. The molecule has 1 N–H and O–H groups in total. The normalized spacial score (nSPS) is 9.92. The number of rotatable bonds is 3. The highest BCUT2D eigenvalue weighted by Crippen LogP contribution is 2.24. The Bertz CT molecular complexity index is 261. The molecular weight excluding hydrogens is 172 g/mol. The molecule has 66 valence electrons. The van der Waals surface area contributed by atoms with E-state index in [-0.39, 0.29) is 6.61 Å². The molecule has 0 amide bonds. The highest BCUT2D eigenvalue weighted by Gasteiger charge is 2.01. The molecule has 0 heterocycles. The molecule has 1 aromatic carbocycles. The Kier molecular flexibility index (Phi) is 3.44. The van der Waals surface area contributed by atoms with Crippen molar-refractivity contribution in [1.29, 1.82) is 0 Å². The van der Waals surface area contributed by atoms with Gasteiger partial charge in [-0.25, -0.2) is 0 Å². The number of hydrogen-bond acceptors (Lipinski definition) is 3. The van der Waals surface area contributed by atoms with Crippen molar-refractivity contribution in [3.8, 4) is 5.75 Å². The van der Waals surface area contributed by atoms with Crippen molar-refractivity contribution < 1.29 is 9.84 Å². The molecule has 0 aliphatic heterocycles. The lowest BCUT2D eigenvalue weighted by atomic mass is 10.2. The van der Waals surface area contributed by atoms with Gasteiger partial charge in [0.25, 0.3) is 0 Å². The first-order valence-corrected chi connectivity index (χ1v) is 4.86. The molecule has 12 heavy (non-hydrogen) atoms. The minimum absolute atomic E-state index is 0.0256. The van der Waals surface area contributed by atoms with Crippen molar-refractivity contribution in [2.45, 2.75) is 11.5 Å². The van der Waals surface area contributed by atoms with Gasteiger partial charge in [-0.3, -0.25) is 0 Å². The largest absolute Gasteiger partial charge is 0.496 e. The monoisotopic (exact) mass is 184 g/mol. The highest BCUT2D eigenvalue weighted by atomic mass is 32.2. The summed E-state index contributed by atoms with van der Waals surface area (Å²) in [5.74, 6) is 0.754. The van der Waals surface area contributed by atoms with Gasteiger partial charge >= 0.3 is 0 Å². The van der Waals surface area contributed by atoms with Gasteiger partial charge in [-0.15, -0.1) is 11.8 Å². The van der Waals surface area contributed by atoms with E-state index in [1.54, 1.807) is 18.9 Å². The Morgan fingerprint density at radius 3 is 2.75 bits per heavy atom. The molecule has 0 saturated heterocycles. The van der Waals surface area contributed by atoms with Gasteiger partial charge in [0.1, 0.15) is 5.75 Å². The molecule has 0 fully saturated rings. The fourth-order valence-electron chi connectivity index (χ4n) is 0.982. The van der Waals surface area contributed by atoms with Gasteiger partial charge in [0.2, 0.25) is 0 Å². The van der Waals surface area contributed by atoms with E-state index < -0.39 is 0 Å². The SMILES string of the molecule is COc1cc(SC)ccc1CO. The first-order valence-electron chi connectivity index (χ1n) is 3.63. The van der Waals surface area contributed by atoms with Crippen molar-refractivity contribution >= 4 is 11.8 Å². The molecule has 0 saturated carbocycles. The fraction of sp³-hybridized carbons (Fsp3) is 0.333. The molecule has 0 spiro atoms. The third-order valence-electron chi connectivity index (χ3n) is 1.66. The number of aliphatic hydroxyl groups excluding tert-OH is 1. The zero-order valence-corrected chi connectivity index (χ0v) is 8.02. The van der Waals surface area contributed by atoms with Crippen LogP contribution >= 0.6 is 11.8 Å². The van der Waals surface area contributed by atoms with E-state index in [0.29, 0.717) is 0 Å². The Morgan fingerprint density at radius 2 is 2.25 bits per heavy atom. The van der Waals surface area contributed by atoms with E-state index in [9.17, 15) is 0 Å². The lowest BCUT2D eigenvalue weighted by molar-refractivity contribution is 0.273. The molecule has 0 unspecified atom stereocenters. The van der Waals surface area contributed by atoms with Crippen LogP contribution in [0.15, 0.2) is 23.1 Å². The summed E-state index contributed by atoms with van der Waals surface area (Å²) in [6.07, 6.45) is 2.01. The lowest BCUT2D eigenvalue weighted by Gasteiger charge is -2.06. The van der Waals surface area contributed by atoms with Crippen LogP contribution in [-0.4, -0.2) is 18.5 Å². The first kappa shape index (κ1) is 9.42. The predicted octanol–water partition coefficient (Wildman–Crippen LogP) is 1.91. The number of thioether (sulfide) groups is 1. The van der Waals surface area contributed by atoms with E-state index in [4.69, 9.17) is 9.84 Å². The molecule has 0 aromatic heterocycles. The average molecular weight is 184 g/mol. The van der Waals surface area contributed by atoms with Gasteiger partial charge < -0.3 is 9.84 Å². The van der Waals surface area contributed by atoms with Crippen LogP contribution in [-0.2, 0) is 6.61 Å². The summed E-state index contributed by atoms with van der Waals surface area (Å²) in [5.41, 5.74) is 0.829. The number of hydrogen-bond donors (Lipinski definition) is 1. The number of benzene rings is 1. The van der Waals surface area contributed by atoms with Crippen LogP contribution in [0.2, 0.25) is 0 Å². The maximum Gasteiger partial charge on any atom is 0.125 e. The lowest BCUT2D eigenvalue weighted by Crippen LogP contribution is -1.91. The van der Waals surface area contributed by atoms with Gasteiger partial charge in [-0.05, 0) is 18.4 Å². The molecule has 1 rings (SSSR count). The summed E-state index contributed by atoms with van der Waals surface area (Å²) < 4.78 is 5.11. The maximum absolute atomic E-state index is 8.93. The second-order valence-electron chi connectivity index (χ2n) is 2.34. The van der Waals surface area contributed by atoms with Crippen LogP contribution in [0.4, 0.5) is 0 Å². The molecular formula is C9H12O2S. The second-order valence-corrected chi connectivity index (χ2v) is 3.22. The van der Waals surface area contributed by atoms with Crippen LogP contribution in [0.3, 0.4) is 0 Å². The van der Waals surface area contributed by atoms with Crippen LogP contribution in [0.25, 0.3) is 0 Å². The standard InChI is InChI=1S/C9H12O2S/c1-11-9-5-8(12-2)4-3-7(9)6-10/h3-5,10H,6H2,1-2H3. The molecule has 1 aromatic rings. The van der Waals surface area contributed by atoms with Crippen LogP contribution in [0.5, 0.6) is 5.75 Å². The summed E-state index contributed by atoms with van der Waals surface area (Å²) in [6.45, 7) is 0.0256. The molecule has 0 aliphatic rings. The third-order valence-corrected chi connectivity index (χ3v) is 2.39. The molecule has 0 radical (unpaired) electrons. The summed E-state index contributed by atoms with van der Waals surface area (Å²) >= 11 is 1.66. The number of ether oxygens (including phenoxy) is 1. The highest BCUT2D eigenvalue weighted by molar-refractivity contribution is 7.98. The minimum Gasteiger partial charge on any atom is -0.496 e. The molecule has 0 aliphatic carbocycles. The van der Waals surface area contributed by atoms with Gasteiger partial charge in [0, 0.05) is 10.5 Å². The molecule has 0 atom stereocenters. The van der Waals surface area contributed by atoms with Crippen molar-refractivity contribution in [2.24, 2.45) is 0 Å². The van der Waals surface area contributed by atoms with Gasteiger partial charge in [0.15, 0.2) is 0 Å². The van der Waals surface area contributed by atoms with E-state index in [2.05, 4.69) is 0 Å². The summed E-state index contributed by atoms with van der Waals surface area (Å²) in [7, 11) is 1.61. The Balaban J connectivity index is 3.02. The van der Waals surface area contributed by atoms with Crippen LogP contribution < -0.4 is 4.74 Å². The Morgan fingerprint density at radius 1 is 1.50 bits per heavy atom. The smallest absolute Gasteiger partial charge is 0.125 e. The number of aliphatic hydroxyl groups is 1. The average Bonchev–Trinajstić information content (AvgIpc) is 2.16. The fourth-order valence-corrected chi connectivity index (χ4v) is 1.41. The first-order chi connectivity index (χ1) is 5.81. The van der Waals surface area contributed by atoms with E-state index in [1.807, 2.05) is 24.5 Å². The topological polar surface area (TPSA) is 29.5 Å². The molecule has 2 nitrogen and oxygen atoms in total. The zero-order valence-electron chi connectivity index (χ0n) is 7.20. The second kappa shape index (κ2) is 4.38. The summed E-state index contributed by atoms with van der Waals surface area (Å²) in [4.78, 5) is 1.14. The van der Waals surface area contributed by atoms with Crippen molar-refractivity contribution in [3.63, 3.8) is 0 Å². The Hall–Kier alpha value is -0.670. The Labute approximate surface area is 76.6 Å². The minimum atomic E-state index is 0.0256. The van der Waals surface area contributed by atoms with Crippen molar-refractivity contribution in [1.82, 2.24) is 0 Å². The quantitative estimate of drug-likeness (QED) is 0.728. The van der Waals surface area contributed by atoms with Crippen molar-refractivity contribution in [2.75, 3.05) is 13.4 Å². The predicted molar refractivity (Wildman–Crippen MR) is 50.7 cm³/mol. The van der Waals surface area contributed by atoms with Crippen LogP contribution in [0.1, 0.15) is 5.56 Å². The van der Waals surface area contributed by atoms with Crippen molar-refractivity contribution in [3.05, 3.63) is 23.8 Å². The maximum atomic E-state index is 8.93. The van der Waals surface area contributed by atoms with Gasteiger partial charge in [-0.1, -0.05) is 6.07 Å². The van der Waals surface area contributed by atoms with Crippen LogP contribution in [0, 0.1) is 0 Å². The van der Waals surface area contributed by atoms with Gasteiger partial charge in [0.05, 0.1) is 13.7 Å². The van der Waals surface area contributed by atoms with E-state index >= 15 is 0 Å². The molecule has 3 heteroatoms. The number of methoxy groups -OCH3 is 1. The summed E-state index contributed by atoms with van der Waals surface area (Å²) in [5, 5.41) is 8.93. The van der Waals surface area contributed by atoms with E-state index in [1.165, 1.54) is 0 Å². The molecule has 0 bridgehead atoms.